The number of esters is 1. The molecule has 0 heterocycles. The molecule has 98 valence electrons. The molecule has 3 nitrogen and oxygen atoms in total. The molecule has 0 aliphatic carbocycles. The maximum absolute atomic E-state index is 12.0. The molecule has 1 rings (SSSR count). The van der Waals surface area contributed by atoms with Gasteiger partial charge in [0.05, 0.1) is 12.0 Å². The normalized spacial score (nSPS) is 14.7. The zero-order valence-corrected chi connectivity index (χ0v) is 11.1. The van der Waals surface area contributed by atoms with Crippen molar-refractivity contribution in [3.05, 3.63) is 48.6 Å². The van der Waals surface area contributed by atoms with Crippen LogP contribution in [0.15, 0.2) is 43.0 Å². The van der Waals surface area contributed by atoms with Gasteiger partial charge >= 0.3 is 5.97 Å². The number of hydrogen-bond acceptors (Lipinski definition) is 3. The molecular weight excluding hydrogens is 228 g/mol. The third-order valence-corrected chi connectivity index (χ3v) is 3.25. The van der Waals surface area contributed by atoms with Gasteiger partial charge in [-0.2, -0.15) is 0 Å². The summed E-state index contributed by atoms with van der Waals surface area (Å²) < 4.78 is 5.03. The number of ether oxygens (including phenoxy) is 1. The van der Waals surface area contributed by atoms with E-state index in [0.717, 1.165) is 0 Å². The number of carbonyl (C=O) groups excluding carboxylic acids is 1. The zero-order valence-electron chi connectivity index (χ0n) is 11.1. The molecule has 0 aliphatic heterocycles. The summed E-state index contributed by atoms with van der Waals surface area (Å²) in [5.74, 6) is -0.448. The molecule has 0 bridgehead atoms. The quantitative estimate of drug-likeness (QED) is 0.643. The summed E-state index contributed by atoms with van der Waals surface area (Å²) in [6, 6.07) is 9.01. The van der Waals surface area contributed by atoms with Gasteiger partial charge in [-0.3, -0.25) is 4.79 Å². The largest absolute Gasteiger partial charge is 0.465 e. The molecule has 0 saturated carbocycles. The van der Waals surface area contributed by atoms with E-state index in [2.05, 4.69) is 6.58 Å². The number of benzene rings is 1. The highest BCUT2D eigenvalue weighted by atomic mass is 16.5. The maximum atomic E-state index is 12.0. The minimum absolute atomic E-state index is 0.282. The Morgan fingerprint density at radius 1 is 1.39 bits per heavy atom. The lowest BCUT2D eigenvalue weighted by Gasteiger charge is -2.38. The first-order valence-corrected chi connectivity index (χ1v) is 5.99. The van der Waals surface area contributed by atoms with Gasteiger partial charge in [0, 0.05) is 0 Å². The van der Waals surface area contributed by atoms with E-state index in [9.17, 15) is 9.90 Å². The van der Waals surface area contributed by atoms with E-state index in [-0.39, 0.29) is 6.61 Å². The Bertz CT molecular complexity index is 423. The van der Waals surface area contributed by atoms with Crippen LogP contribution < -0.4 is 0 Å². The second kappa shape index (κ2) is 5.36. The van der Waals surface area contributed by atoms with Gasteiger partial charge in [0.15, 0.2) is 0 Å². The molecule has 3 heteroatoms. The minimum Gasteiger partial charge on any atom is -0.465 e. The number of carbonyl (C=O) groups is 1. The molecule has 0 saturated heterocycles. The van der Waals surface area contributed by atoms with Crippen LogP contribution in [0.2, 0.25) is 0 Å². The summed E-state index contributed by atoms with van der Waals surface area (Å²) in [5.41, 5.74) is -1.94. The van der Waals surface area contributed by atoms with Gasteiger partial charge in [-0.15, -0.1) is 0 Å². The van der Waals surface area contributed by atoms with Crippen LogP contribution in [0.1, 0.15) is 26.3 Å². The topological polar surface area (TPSA) is 46.5 Å². The van der Waals surface area contributed by atoms with E-state index in [1.165, 1.54) is 6.08 Å². The van der Waals surface area contributed by atoms with Crippen LogP contribution in [0.25, 0.3) is 0 Å². The second-order valence-electron chi connectivity index (χ2n) is 4.68. The molecule has 0 aliphatic rings. The zero-order chi connectivity index (χ0) is 13.8. The summed E-state index contributed by atoms with van der Waals surface area (Å²) >= 11 is 0. The Morgan fingerprint density at radius 3 is 2.39 bits per heavy atom. The molecule has 0 radical (unpaired) electrons. The molecule has 1 unspecified atom stereocenters. The molecule has 0 amide bonds. The van der Waals surface area contributed by atoms with E-state index >= 15 is 0 Å². The molecular formula is C15H20O3. The van der Waals surface area contributed by atoms with Gasteiger partial charge in [0.1, 0.15) is 5.60 Å². The molecule has 18 heavy (non-hydrogen) atoms. The average molecular weight is 248 g/mol. The van der Waals surface area contributed by atoms with Crippen molar-refractivity contribution < 1.29 is 14.6 Å². The standard InChI is InChI=1S/C15H20O3/c1-5-15(17,12-10-8-7-9-11-12)14(3,4)13(16)18-6-2/h5,7-11,17H,1,6H2,2-4H3. The summed E-state index contributed by atoms with van der Waals surface area (Å²) in [6.07, 6.45) is 1.39. The molecule has 1 N–H and O–H groups in total. The summed E-state index contributed by atoms with van der Waals surface area (Å²) in [5, 5.41) is 10.8. The van der Waals surface area contributed by atoms with E-state index in [4.69, 9.17) is 4.74 Å². The first-order chi connectivity index (χ1) is 8.40. The number of hydrogen-bond donors (Lipinski definition) is 1. The lowest BCUT2D eigenvalue weighted by Crippen LogP contribution is -2.46. The summed E-state index contributed by atoms with van der Waals surface area (Å²) in [4.78, 5) is 12.0. The fourth-order valence-corrected chi connectivity index (χ4v) is 1.89. The summed E-state index contributed by atoms with van der Waals surface area (Å²) in [7, 11) is 0. The molecule has 1 atom stereocenters. The highest BCUT2D eigenvalue weighted by Gasteiger charge is 2.49. The van der Waals surface area contributed by atoms with Crippen LogP contribution in [0.5, 0.6) is 0 Å². The Morgan fingerprint density at radius 2 is 1.94 bits per heavy atom. The highest BCUT2D eigenvalue weighted by molar-refractivity contribution is 5.78. The molecule has 1 aromatic carbocycles. The Labute approximate surface area is 108 Å². The molecule has 0 spiro atoms. The van der Waals surface area contributed by atoms with Gasteiger partial charge in [-0.25, -0.2) is 0 Å². The third kappa shape index (κ3) is 2.31. The van der Waals surface area contributed by atoms with Crippen LogP contribution >= 0.6 is 0 Å². The average Bonchev–Trinajstić information content (AvgIpc) is 2.38. The first-order valence-electron chi connectivity index (χ1n) is 5.99. The lowest BCUT2D eigenvalue weighted by atomic mass is 9.71. The van der Waals surface area contributed by atoms with Crippen LogP contribution in [-0.2, 0) is 15.1 Å². The summed E-state index contributed by atoms with van der Waals surface area (Å²) in [6.45, 7) is 8.99. The SMILES string of the molecule is C=CC(O)(c1ccccc1)C(C)(C)C(=O)OCC. The van der Waals surface area contributed by atoms with Gasteiger partial charge < -0.3 is 9.84 Å². The van der Waals surface area contributed by atoms with Crippen molar-refractivity contribution in [2.45, 2.75) is 26.4 Å². The fraction of sp³-hybridized carbons (Fsp3) is 0.400. The van der Waals surface area contributed by atoms with Gasteiger partial charge in [0.2, 0.25) is 0 Å². The van der Waals surface area contributed by atoms with E-state index in [1.54, 1.807) is 32.9 Å². The lowest BCUT2D eigenvalue weighted by molar-refractivity contribution is -0.166. The monoisotopic (exact) mass is 248 g/mol. The van der Waals surface area contributed by atoms with E-state index in [1.807, 2.05) is 18.2 Å². The smallest absolute Gasteiger partial charge is 0.315 e. The van der Waals surface area contributed by atoms with Gasteiger partial charge in [-0.1, -0.05) is 43.0 Å². The molecule has 0 aromatic heterocycles. The highest BCUT2D eigenvalue weighted by Crippen LogP contribution is 2.41. The van der Waals surface area contributed by atoms with Crippen LogP contribution in [-0.4, -0.2) is 17.7 Å². The molecule has 1 aromatic rings. The maximum Gasteiger partial charge on any atom is 0.315 e. The van der Waals surface area contributed by atoms with Crippen molar-refractivity contribution in [1.29, 1.82) is 0 Å². The Balaban J connectivity index is 3.23. The third-order valence-electron chi connectivity index (χ3n) is 3.25. The van der Waals surface area contributed by atoms with Crippen molar-refractivity contribution in [2.24, 2.45) is 5.41 Å². The van der Waals surface area contributed by atoms with Crippen LogP contribution in [0.4, 0.5) is 0 Å². The second-order valence-corrected chi connectivity index (χ2v) is 4.68. The van der Waals surface area contributed by atoms with Crippen LogP contribution in [0.3, 0.4) is 0 Å². The van der Waals surface area contributed by atoms with E-state index in [0.29, 0.717) is 5.56 Å². The van der Waals surface area contributed by atoms with Crippen molar-refractivity contribution in [1.82, 2.24) is 0 Å². The van der Waals surface area contributed by atoms with Crippen molar-refractivity contribution in [2.75, 3.05) is 6.61 Å². The van der Waals surface area contributed by atoms with E-state index < -0.39 is 17.0 Å². The predicted octanol–water partition coefficient (Wildman–Crippen LogP) is 2.65. The predicted molar refractivity (Wildman–Crippen MR) is 70.9 cm³/mol. The van der Waals surface area contributed by atoms with Crippen molar-refractivity contribution in [3.8, 4) is 0 Å². The number of aliphatic hydroxyl groups is 1. The van der Waals surface area contributed by atoms with Crippen LogP contribution in [0, 0.1) is 5.41 Å². The number of rotatable bonds is 5. The van der Waals surface area contributed by atoms with Crippen molar-refractivity contribution in [3.63, 3.8) is 0 Å². The Hall–Kier alpha value is -1.61. The van der Waals surface area contributed by atoms with Gasteiger partial charge in [0.25, 0.3) is 0 Å². The molecule has 0 fully saturated rings. The fourth-order valence-electron chi connectivity index (χ4n) is 1.89. The Kier molecular flexibility index (Phi) is 4.30. The first kappa shape index (κ1) is 14.5. The minimum atomic E-state index is -1.46. The van der Waals surface area contributed by atoms with Crippen molar-refractivity contribution >= 4 is 5.97 Å². The van der Waals surface area contributed by atoms with Gasteiger partial charge in [-0.05, 0) is 26.3 Å².